The van der Waals surface area contributed by atoms with Crippen molar-refractivity contribution in [1.82, 2.24) is 4.98 Å². The summed E-state index contributed by atoms with van der Waals surface area (Å²) in [6.07, 6.45) is 0. The zero-order valence-electron chi connectivity index (χ0n) is 12.4. The maximum absolute atomic E-state index is 13.9. The number of carbonyl (C=O) groups is 1. The van der Waals surface area contributed by atoms with Gasteiger partial charge in [-0.2, -0.15) is 0 Å². The van der Waals surface area contributed by atoms with E-state index in [2.05, 4.69) is 10.3 Å². The number of aryl methyl sites for hydroxylation is 1. The Morgan fingerprint density at radius 2 is 1.75 bits per heavy atom. The zero-order chi connectivity index (χ0) is 17.3. The smallest absolute Gasteiger partial charge is 0.267 e. The average Bonchev–Trinajstić information content (AvgIpc) is 2.91. The third-order valence-corrected chi connectivity index (χ3v) is 4.71. The molecule has 7 heteroatoms. The first kappa shape index (κ1) is 16.5. The summed E-state index contributed by atoms with van der Waals surface area (Å²) in [7, 11) is 0. The molecule has 0 radical (unpaired) electrons. The Morgan fingerprint density at radius 1 is 1.12 bits per heavy atom. The van der Waals surface area contributed by atoms with Gasteiger partial charge in [0, 0.05) is 10.7 Å². The average molecular weight is 365 g/mol. The van der Waals surface area contributed by atoms with Crippen LogP contribution in [0, 0.1) is 18.6 Å². The molecule has 0 spiro atoms. The number of aromatic nitrogens is 1. The Bertz CT molecular complexity index is 889. The molecular weight excluding hydrogens is 354 g/mol. The summed E-state index contributed by atoms with van der Waals surface area (Å²) >= 11 is 6.74. The first-order valence-electron chi connectivity index (χ1n) is 6.94. The van der Waals surface area contributed by atoms with Crippen molar-refractivity contribution in [3.05, 3.63) is 69.7 Å². The van der Waals surface area contributed by atoms with E-state index in [0.717, 1.165) is 23.5 Å². The van der Waals surface area contributed by atoms with Gasteiger partial charge in [0.2, 0.25) is 0 Å². The van der Waals surface area contributed by atoms with Gasteiger partial charge < -0.3 is 5.32 Å². The summed E-state index contributed by atoms with van der Waals surface area (Å²) in [4.78, 5) is 16.8. The lowest BCUT2D eigenvalue weighted by atomic mass is 10.2. The summed E-state index contributed by atoms with van der Waals surface area (Å²) in [5, 5.41) is 3.39. The first-order valence-corrected chi connectivity index (χ1v) is 8.14. The highest BCUT2D eigenvalue weighted by Gasteiger charge is 2.20. The Kier molecular flexibility index (Phi) is 4.59. The van der Waals surface area contributed by atoms with E-state index < -0.39 is 17.5 Å². The molecule has 122 valence electrons. The van der Waals surface area contributed by atoms with E-state index >= 15 is 0 Å². The molecule has 0 unspecified atom stereocenters. The highest BCUT2D eigenvalue weighted by Crippen LogP contribution is 2.32. The predicted octanol–water partition coefficient (Wildman–Crippen LogP) is 5.30. The number of nitrogens with zero attached hydrogens (tertiary/aromatic N) is 1. The molecule has 0 fully saturated rings. The van der Waals surface area contributed by atoms with Gasteiger partial charge in [-0.1, -0.05) is 17.7 Å². The van der Waals surface area contributed by atoms with Crippen molar-refractivity contribution in [1.29, 1.82) is 0 Å². The second-order valence-corrected chi connectivity index (χ2v) is 6.43. The van der Waals surface area contributed by atoms with Crippen LogP contribution in [0.2, 0.25) is 5.02 Å². The summed E-state index contributed by atoms with van der Waals surface area (Å²) in [5.74, 6) is -1.82. The number of carbonyl (C=O) groups excluding carboxylic acids is 1. The number of hydrogen-bond acceptors (Lipinski definition) is 3. The zero-order valence-corrected chi connectivity index (χ0v) is 14.0. The number of nitrogens with one attached hydrogen (secondary N) is 1. The highest BCUT2D eigenvalue weighted by atomic mass is 35.5. The van der Waals surface area contributed by atoms with Crippen LogP contribution < -0.4 is 5.32 Å². The van der Waals surface area contributed by atoms with E-state index in [1.54, 1.807) is 31.2 Å². The monoisotopic (exact) mass is 364 g/mol. The molecule has 1 heterocycles. The Morgan fingerprint density at radius 3 is 2.38 bits per heavy atom. The van der Waals surface area contributed by atoms with Crippen molar-refractivity contribution < 1.29 is 13.6 Å². The lowest BCUT2D eigenvalue weighted by Crippen LogP contribution is -2.11. The summed E-state index contributed by atoms with van der Waals surface area (Å²) < 4.78 is 27.8. The van der Waals surface area contributed by atoms with Crippen molar-refractivity contribution in [3.8, 4) is 10.6 Å². The van der Waals surface area contributed by atoms with Crippen LogP contribution in [0.15, 0.2) is 42.5 Å². The molecule has 2 aromatic carbocycles. The van der Waals surface area contributed by atoms with Crippen LogP contribution in [0.5, 0.6) is 0 Å². The Labute approximate surface area is 145 Å². The molecule has 0 saturated carbocycles. The molecule has 0 atom stereocenters. The number of rotatable bonds is 3. The van der Waals surface area contributed by atoms with Gasteiger partial charge >= 0.3 is 0 Å². The molecular formula is C17H11ClF2N2OS. The van der Waals surface area contributed by atoms with Crippen molar-refractivity contribution in [3.63, 3.8) is 0 Å². The van der Waals surface area contributed by atoms with Crippen molar-refractivity contribution >= 4 is 34.5 Å². The fourth-order valence-electron chi connectivity index (χ4n) is 2.14. The first-order chi connectivity index (χ1) is 11.5. The van der Waals surface area contributed by atoms with Gasteiger partial charge in [0.25, 0.3) is 5.91 Å². The van der Waals surface area contributed by atoms with E-state index in [-0.39, 0.29) is 10.6 Å². The number of benzene rings is 2. The minimum Gasteiger partial charge on any atom is -0.321 e. The number of hydrogen-bond donors (Lipinski definition) is 1. The van der Waals surface area contributed by atoms with Crippen molar-refractivity contribution in [2.75, 3.05) is 5.32 Å². The minimum atomic E-state index is -0.714. The number of amides is 1. The lowest BCUT2D eigenvalue weighted by Gasteiger charge is -2.03. The van der Waals surface area contributed by atoms with Crippen LogP contribution in [0.3, 0.4) is 0 Å². The molecule has 0 aliphatic rings. The largest absolute Gasteiger partial charge is 0.321 e. The second kappa shape index (κ2) is 6.67. The molecule has 0 bridgehead atoms. The normalized spacial score (nSPS) is 10.7. The van der Waals surface area contributed by atoms with E-state index in [4.69, 9.17) is 11.6 Å². The molecule has 1 N–H and O–H groups in total. The van der Waals surface area contributed by atoms with E-state index in [0.29, 0.717) is 21.3 Å². The van der Waals surface area contributed by atoms with Gasteiger partial charge in [0.15, 0.2) is 0 Å². The standard InChI is InChI=1S/C17H11ClF2N2OS/c1-9-15(16(23)22-11-7-5-10(18)6-8-11)24-17(21-9)14-12(19)3-2-4-13(14)20/h2-8H,1H3,(H,22,23). The summed E-state index contributed by atoms with van der Waals surface area (Å²) in [6.45, 7) is 1.62. The van der Waals surface area contributed by atoms with Crippen LogP contribution >= 0.6 is 22.9 Å². The number of halogens is 3. The molecule has 24 heavy (non-hydrogen) atoms. The van der Waals surface area contributed by atoms with Gasteiger partial charge in [-0.15, -0.1) is 11.3 Å². The van der Waals surface area contributed by atoms with Crippen molar-refractivity contribution in [2.24, 2.45) is 0 Å². The maximum atomic E-state index is 13.9. The summed E-state index contributed by atoms with van der Waals surface area (Å²) in [6, 6.07) is 10.2. The molecule has 0 aliphatic heterocycles. The fraction of sp³-hybridized carbons (Fsp3) is 0.0588. The quantitative estimate of drug-likeness (QED) is 0.685. The highest BCUT2D eigenvalue weighted by molar-refractivity contribution is 7.17. The SMILES string of the molecule is Cc1nc(-c2c(F)cccc2F)sc1C(=O)Nc1ccc(Cl)cc1. The third-order valence-electron chi connectivity index (χ3n) is 3.28. The Balaban J connectivity index is 1.91. The van der Waals surface area contributed by atoms with Crippen LogP contribution in [0.1, 0.15) is 15.4 Å². The number of anilines is 1. The van der Waals surface area contributed by atoms with Crippen molar-refractivity contribution in [2.45, 2.75) is 6.92 Å². The Hall–Kier alpha value is -2.31. The minimum absolute atomic E-state index is 0.129. The molecule has 3 rings (SSSR count). The third kappa shape index (κ3) is 3.29. The van der Waals surface area contributed by atoms with Gasteiger partial charge in [-0.25, -0.2) is 13.8 Å². The summed E-state index contributed by atoms with van der Waals surface area (Å²) in [5.41, 5.74) is 0.746. The van der Waals surface area contributed by atoms with Gasteiger partial charge in [0.1, 0.15) is 21.5 Å². The van der Waals surface area contributed by atoms with Crippen LogP contribution in [-0.2, 0) is 0 Å². The second-order valence-electron chi connectivity index (χ2n) is 4.99. The van der Waals surface area contributed by atoms with Gasteiger partial charge in [-0.05, 0) is 43.3 Å². The number of thiazole rings is 1. The predicted molar refractivity (Wildman–Crippen MR) is 91.6 cm³/mol. The fourth-order valence-corrected chi connectivity index (χ4v) is 3.27. The molecule has 1 amide bonds. The van der Waals surface area contributed by atoms with E-state index in [9.17, 15) is 13.6 Å². The molecule has 0 saturated heterocycles. The van der Waals surface area contributed by atoms with E-state index in [1.807, 2.05) is 0 Å². The van der Waals surface area contributed by atoms with Crippen LogP contribution in [-0.4, -0.2) is 10.9 Å². The van der Waals surface area contributed by atoms with Gasteiger partial charge in [0.05, 0.1) is 11.3 Å². The molecule has 0 aliphatic carbocycles. The maximum Gasteiger partial charge on any atom is 0.267 e. The molecule has 1 aromatic heterocycles. The molecule has 3 aromatic rings. The van der Waals surface area contributed by atoms with Crippen LogP contribution in [0.4, 0.5) is 14.5 Å². The topological polar surface area (TPSA) is 42.0 Å². The van der Waals surface area contributed by atoms with Gasteiger partial charge in [-0.3, -0.25) is 4.79 Å². The van der Waals surface area contributed by atoms with E-state index in [1.165, 1.54) is 6.07 Å². The lowest BCUT2D eigenvalue weighted by molar-refractivity contribution is 0.103. The molecule has 3 nitrogen and oxygen atoms in total. The van der Waals surface area contributed by atoms with Crippen LogP contribution in [0.25, 0.3) is 10.6 Å².